The number of rotatable bonds is 6. The van der Waals surface area contributed by atoms with Crippen LogP contribution in [-0.2, 0) is 9.53 Å². The van der Waals surface area contributed by atoms with Gasteiger partial charge in [-0.15, -0.1) is 0 Å². The van der Waals surface area contributed by atoms with E-state index in [0.717, 1.165) is 38.0 Å². The van der Waals surface area contributed by atoms with Crippen LogP contribution in [0.5, 0.6) is 0 Å². The molecule has 4 rings (SSSR count). The molecule has 0 bridgehead atoms. The molecule has 2 aromatic carbocycles. The van der Waals surface area contributed by atoms with Crippen LogP contribution in [0.2, 0.25) is 0 Å². The second-order valence-corrected chi connectivity index (χ2v) is 7.45. The number of nitrogens with one attached hydrogen (secondary N) is 2. The summed E-state index contributed by atoms with van der Waals surface area (Å²) in [6.07, 6.45) is 3.18. The molecule has 0 aromatic heterocycles. The van der Waals surface area contributed by atoms with Crippen molar-refractivity contribution in [3.05, 3.63) is 72.2 Å². The summed E-state index contributed by atoms with van der Waals surface area (Å²) in [5.74, 6) is -1.84. The van der Waals surface area contributed by atoms with Crippen LogP contribution in [-0.4, -0.2) is 41.4 Å². The summed E-state index contributed by atoms with van der Waals surface area (Å²) >= 11 is 0. The average molecular weight is 409 g/mol. The van der Waals surface area contributed by atoms with Crippen LogP contribution in [0.3, 0.4) is 0 Å². The van der Waals surface area contributed by atoms with Crippen LogP contribution in [0.15, 0.2) is 72.2 Å². The van der Waals surface area contributed by atoms with Crippen molar-refractivity contribution in [2.24, 2.45) is 0 Å². The predicted molar refractivity (Wildman–Crippen MR) is 117 cm³/mol. The lowest BCUT2D eigenvalue weighted by molar-refractivity contribution is -0.115. The molecule has 0 radical (unpaired) electrons. The van der Waals surface area contributed by atoms with Crippen molar-refractivity contribution in [1.82, 2.24) is 10.3 Å². The van der Waals surface area contributed by atoms with E-state index in [1.807, 2.05) is 60.7 Å². The first-order valence-electron chi connectivity index (χ1n) is 10.5. The average Bonchev–Trinajstić information content (AvgIpc) is 3.09. The Kier molecular flexibility index (Phi) is 5.92. The number of hydrogen-bond donors (Lipinski definition) is 3. The maximum Gasteiger partial charge on any atom is 0.291 e. The van der Waals surface area contributed by atoms with Gasteiger partial charge in [0.25, 0.3) is 11.9 Å². The number of hydrogen-bond acceptors (Lipinski definition) is 6. The molecule has 0 saturated carbocycles. The number of para-hydroxylation sites is 2. The Morgan fingerprint density at radius 3 is 2.33 bits per heavy atom. The first-order valence-corrected chi connectivity index (χ1v) is 10.5. The summed E-state index contributed by atoms with van der Waals surface area (Å²) in [6.45, 7) is 3.61. The number of carbonyl (C=O) groups excluding carboxylic acids is 1. The lowest BCUT2D eigenvalue weighted by atomic mass is 10.0. The monoisotopic (exact) mass is 408 g/mol. The Bertz CT molecular complexity index is 897. The van der Waals surface area contributed by atoms with Crippen LogP contribution >= 0.6 is 0 Å². The smallest absolute Gasteiger partial charge is 0.291 e. The number of aliphatic hydroxyl groups excluding tert-OH is 1. The molecule has 7 nitrogen and oxygen atoms in total. The van der Waals surface area contributed by atoms with Crippen LogP contribution in [0, 0.1) is 0 Å². The number of benzene rings is 2. The van der Waals surface area contributed by atoms with Gasteiger partial charge in [0, 0.05) is 18.8 Å². The van der Waals surface area contributed by atoms with Crippen LogP contribution in [0.25, 0.3) is 0 Å². The van der Waals surface area contributed by atoms with E-state index in [-0.39, 0.29) is 24.0 Å². The molecule has 2 heterocycles. The van der Waals surface area contributed by atoms with E-state index < -0.39 is 5.79 Å². The van der Waals surface area contributed by atoms with Gasteiger partial charge in [-0.1, -0.05) is 42.8 Å². The molecule has 2 aliphatic rings. The van der Waals surface area contributed by atoms with Crippen molar-refractivity contribution >= 4 is 17.3 Å². The number of nitrogens with zero attached hydrogens (tertiary/aromatic N) is 2. The number of piperidine rings is 1. The number of aliphatic hydroxyl groups is 1. The second kappa shape index (κ2) is 8.77. The molecule has 1 atom stereocenters. The number of amides is 1. The normalized spacial score (nSPS) is 24.0. The second-order valence-electron chi connectivity index (χ2n) is 7.45. The third-order valence-corrected chi connectivity index (χ3v) is 5.49. The van der Waals surface area contributed by atoms with Crippen molar-refractivity contribution < 1.29 is 14.6 Å². The zero-order valence-corrected chi connectivity index (χ0v) is 17.2. The van der Waals surface area contributed by atoms with Gasteiger partial charge in [0.05, 0.1) is 12.3 Å². The maximum absolute atomic E-state index is 13.6. The van der Waals surface area contributed by atoms with Gasteiger partial charge in [-0.25, -0.2) is 5.01 Å². The Hall–Kier alpha value is -3.03. The number of anilines is 2. The first-order chi connectivity index (χ1) is 14.7. The lowest BCUT2D eigenvalue weighted by Gasteiger charge is -2.44. The number of carbonyl (C=O) groups is 1. The highest BCUT2D eigenvalue weighted by Crippen LogP contribution is 2.37. The van der Waals surface area contributed by atoms with Gasteiger partial charge in [0.2, 0.25) is 5.79 Å². The summed E-state index contributed by atoms with van der Waals surface area (Å²) in [5, 5.41) is 15.8. The van der Waals surface area contributed by atoms with Gasteiger partial charge in [-0.05, 0) is 44.0 Å². The fourth-order valence-electron chi connectivity index (χ4n) is 4.11. The Morgan fingerprint density at radius 1 is 1.07 bits per heavy atom. The maximum atomic E-state index is 13.6. The Morgan fingerprint density at radius 2 is 1.70 bits per heavy atom. The summed E-state index contributed by atoms with van der Waals surface area (Å²) in [4.78, 5) is 15.7. The van der Waals surface area contributed by atoms with Crippen molar-refractivity contribution in [2.45, 2.75) is 32.0 Å². The van der Waals surface area contributed by atoms with Crippen LogP contribution < -0.4 is 15.8 Å². The zero-order valence-electron chi connectivity index (χ0n) is 17.2. The van der Waals surface area contributed by atoms with Gasteiger partial charge >= 0.3 is 0 Å². The van der Waals surface area contributed by atoms with Gasteiger partial charge < -0.3 is 15.2 Å². The number of hydrazine groups is 1. The van der Waals surface area contributed by atoms with E-state index in [1.165, 1.54) is 5.01 Å². The molecular weight excluding hydrogens is 380 g/mol. The van der Waals surface area contributed by atoms with Crippen LogP contribution in [0.4, 0.5) is 11.4 Å². The molecule has 2 saturated heterocycles. The van der Waals surface area contributed by atoms with Crippen molar-refractivity contribution in [3.8, 4) is 0 Å². The zero-order chi connectivity index (χ0) is 21.0. The van der Waals surface area contributed by atoms with Gasteiger partial charge in [0.15, 0.2) is 5.57 Å². The fourth-order valence-corrected chi connectivity index (χ4v) is 4.11. The molecule has 1 amide bonds. The Balaban J connectivity index is 1.85. The van der Waals surface area contributed by atoms with Gasteiger partial charge in [-0.2, -0.15) is 5.43 Å². The van der Waals surface area contributed by atoms with Gasteiger partial charge in [-0.3, -0.25) is 9.69 Å². The SMILES string of the molecule is CCO/C(O)=C1\C(=O)N(c2ccccc2)NC1(Nc1ccccc1)N1CCCCC1. The molecule has 30 heavy (non-hydrogen) atoms. The summed E-state index contributed by atoms with van der Waals surface area (Å²) < 4.78 is 5.45. The molecule has 158 valence electrons. The van der Waals surface area contributed by atoms with E-state index in [2.05, 4.69) is 15.6 Å². The topological polar surface area (TPSA) is 77.1 Å². The molecule has 3 N–H and O–H groups in total. The highest BCUT2D eigenvalue weighted by Gasteiger charge is 2.55. The van der Waals surface area contributed by atoms with Crippen molar-refractivity contribution in [2.75, 3.05) is 30.0 Å². The molecule has 2 aromatic rings. The van der Waals surface area contributed by atoms with E-state index in [4.69, 9.17) is 4.74 Å². The molecule has 1 unspecified atom stereocenters. The third kappa shape index (κ3) is 3.74. The molecular formula is C23H28N4O3. The van der Waals surface area contributed by atoms with Crippen molar-refractivity contribution in [1.29, 1.82) is 0 Å². The molecule has 7 heteroatoms. The predicted octanol–water partition coefficient (Wildman–Crippen LogP) is 3.60. The minimum absolute atomic E-state index is 0.166. The van der Waals surface area contributed by atoms with Crippen molar-refractivity contribution in [3.63, 3.8) is 0 Å². The molecule has 2 aliphatic heterocycles. The molecule has 0 aliphatic carbocycles. The Labute approximate surface area is 176 Å². The van der Waals surface area contributed by atoms with E-state index >= 15 is 0 Å². The number of ether oxygens (including phenoxy) is 1. The minimum atomic E-state index is -1.13. The summed E-state index contributed by atoms with van der Waals surface area (Å²) in [6, 6.07) is 19.1. The van der Waals surface area contributed by atoms with E-state index in [1.54, 1.807) is 6.92 Å². The quantitative estimate of drug-likeness (QED) is 0.501. The molecule has 2 fully saturated rings. The largest absolute Gasteiger partial charge is 0.481 e. The van der Waals surface area contributed by atoms with Crippen LogP contribution in [0.1, 0.15) is 26.2 Å². The third-order valence-electron chi connectivity index (χ3n) is 5.49. The summed E-state index contributed by atoms with van der Waals surface area (Å²) in [7, 11) is 0. The number of likely N-dealkylation sites (tertiary alicyclic amines) is 1. The fraction of sp³-hybridized carbons (Fsp3) is 0.348. The standard InChI is InChI=1S/C23H28N4O3/c1-2-30-22(29)20-21(28)27(19-14-8-4-9-15-19)25-23(20,26-16-10-5-11-17-26)24-18-12-6-3-7-13-18/h3-4,6-9,12-15,24-25,29H,2,5,10-11,16-17H2,1H3/b22-20+. The highest BCUT2D eigenvalue weighted by molar-refractivity contribution is 6.09. The molecule has 0 spiro atoms. The van der Waals surface area contributed by atoms with E-state index in [0.29, 0.717) is 5.69 Å². The highest BCUT2D eigenvalue weighted by atomic mass is 16.6. The summed E-state index contributed by atoms with van der Waals surface area (Å²) in [5.41, 5.74) is 5.07. The first kappa shape index (κ1) is 20.3. The lowest BCUT2D eigenvalue weighted by Crippen LogP contribution is -2.65. The van der Waals surface area contributed by atoms with Gasteiger partial charge in [0.1, 0.15) is 0 Å². The van der Waals surface area contributed by atoms with E-state index in [9.17, 15) is 9.90 Å². The minimum Gasteiger partial charge on any atom is -0.481 e.